The molecule has 0 radical (unpaired) electrons. The molecular weight excluding hydrogens is 546 g/mol. The number of piperidine rings is 1. The molecule has 1 N–H and O–H groups in total. The van der Waals surface area contributed by atoms with Crippen molar-refractivity contribution in [3.05, 3.63) is 81.2 Å². The molecule has 236 valence electrons. The van der Waals surface area contributed by atoms with Crippen LogP contribution >= 0.6 is 0 Å². The highest BCUT2D eigenvalue weighted by Crippen LogP contribution is 2.45. The van der Waals surface area contributed by atoms with Gasteiger partial charge in [-0.3, -0.25) is 9.88 Å². The summed E-state index contributed by atoms with van der Waals surface area (Å²) in [5.41, 5.74) is 11.9. The van der Waals surface area contributed by atoms with Gasteiger partial charge in [0.05, 0.1) is 11.3 Å². The lowest BCUT2D eigenvalue weighted by Crippen LogP contribution is -2.39. The Labute approximate surface area is 264 Å². The van der Waals surface area contributed by atoms with Gasteiger partial charge in [-0.15, -0.1) is 0 Å². The lowest BCUT2D eigenvalue weighted by atomic mass is 9.81. The summed E-state index contributed by atoms with van der Waals surface area (Å²) in [6.45, 7) is 23.4. The van der Waals surface area contributed by atoms with E-state index in [4.69, 9.17) is 9.72 Å². The largest absolute Gasteiger partial charge is 0.479 e. The number of carboxylic acids is 1. The van der Waals surface area contributed by atoms with Crippen LogP contribution in [0.4, 0.5) is 5.69 Å². The maximum absolute atomic E-state index is 12.8. The first kappa shape index (κ1) is 32.2. The van der Waals surface area contributed by atoms with Crippen molar-refractivity contribution in [3.63, 3.8) is 0 Å². The molecule has 44 heavy (non-hydrogen) atoms. The lowest BCUT2D eigenvalue weighted by Gasteiger charge is -2.41. The maximum Gasteiger partial charge on any atom is 0.337 e. The number of fused-ring (bicyclic) bond motifs is 1. The Balaban J connectivity index is 1.56. The Bertz CT molecular complexity index is 1540. The van der Waals surface area contributed by atoms with E-state index in [1.807, 2.05) is 27.7 Å². The molecular formula is C38H51N3O3. The monoisotopic (exact) mass is 597 g/mol. The molecule has 0 bridgehead atoms. The van der Waals surface area contributed by atoms with Crippen molar-refractivity contribution in [2.24, 2.45) is 5.41 Å². The van der Waals surface area contributed by atoms with Crippen molar-refractivity contribution in [2.45, 2.75) is 106 Å². The van der Waals surface area contributed by atoms with Crippen molar-refractivity contribution in [3.8, 4) is 11.1 Å². The first-order valence-electron chi connectivity index (χ1n) is 16.2. The number of aliphatic carboxylic acids is 1. The van der Waals surface area contributed by atoms with Crippen LogP contribution in [-0.2, 0) is 29.0 Å². The number of benzene rings is 2. The third-order valence-electron chi connectivity index (χ3n) is 9.45. The number of rotatable bonds is 7. The summed E-state index contributed by atoms with van der Waals surface area (Å²) in [7, 11) is 0. The third kappa shape index (κ3) is 7.02. The van der Waals surface area contributed by atoms with Crippen molar-refractivity contribution < 1.29 is 14.6 Å². The van der Waals surface area contributed by atoms with Crippen LogP contribution in [0.15, 0.2) is 36.4 Å². The van der Waals surface area contributed by atoms with Crippen LogP contribution in [0, 0.1) is 33.1 Å². The van der Waals surface area contributed by atoms with E-state index in [0.29, 0.717) is 5.56 Å². The summed E-state index contributed by atoms with van der Waals surface area (Å²) in [5, 5.41) is 10.5. The molecule has 6 heteroatoms. The number of hydrogen-bond donors (Lipinski definition) is 1. The number of carboxylic acid groups (broad SMARTS) is 1. The number of hydrogen-bond acceptors (Lipinski definition) is 5. The normalized spacial score (nSPS) is 17.8. The van der Waals surface area contributed by atoms with Gasteiger partial charge in [-0.25, -0.2) is 4.79 Å². The fraction of sp³-hybridized carbons (Fsp3) is 0.526. The van der Waals surface area contributed by atoms with Gasteiger partial charge in [-0.05, 0) is 101 Å². The minimum atomic E-state index is -1.11. The Kier molecular flexibility index (Phi) is 8.99. The number of carbonyl (C=O) groups is 1. The Hall–Kier alpha value is -3.22. The average Bonchev–Trinajstić information content (AvgIpc) is 2.92. The van der Waals surface area contributed by atoms with Crippen LogP contribution in [0.3, 0.4) is 0 Å². The summed E-state index contributed by atoms with van der Waals surface area (Å²) in [5.74, 6) is -0.979. The van der Waals surface area contributed by atoms with Gasteiger partial charge in [0, 0.05) is 55.2 Å². The maximum atomic E-state index is 12.8. The standard InChI is InChI=1S/C38H51N3O3/c1-24-10-11-30(25(2)20-24)22-40-17-14-28-21-29(12-13-31(28)23-40)32-26(3)39-27(4)33(35(36(42)43)44-37(5,6)7)34(32)41-18-15-38(8,9)16-19-41/h10-13,20-21,35H,14-19,22-23H2,1-9H3,(H,42,43). The molecule has 2 aliphatic heterocycles. The first-order valence-corrected chi connectivity index (χ1v) is 16.2. The number of aryl methyl sites for hydroxylation is 4. The number of pyridine rings is 1. The van der Waals surface area contributed by atoms with E-state index in [2.05, 4.69) is 80.8 Å². The molecule has 0 aliphatic carbocycles. The van der Waals surface area contributed by atoms with Gasteiger partial charge in [0.2, 0.25) is 0 Å². The fourth-order valence-corrected chi connectivity index (χ4v) is 6.92. The quantitative estimate of drug-likeness (QED) is 0.297. The zero-order valence-electron chi connectivity index (χ0n) is 28.3. The predicted molar refractivity (Wildman–Crippen MR) is 179 cm³/mol. The second kappa shape index (κ2) is 12.3. The molecule has 0 spiro atoms. The molecule has 3 aromatic rings. The summed E-state index contributed by atoms with van der Waals surface area (Å²) < 4.78 is 6.26. The molecule has 1 atom stereocenters. The first-order chi connectivity index (χ1) is 20.6. The lowest BCUT2D eigenvalue weighted by molar-refractivity contribution is -0.160. The van der Waals surface area contributed by atoms with E-state index >= 15 is 0 Å². The Morgan fingerprint density at radius 3 is 2.32 bits per heavy atom. The van der Waals surface area contributed by atoms with Crippen LogP contribution in [0.1, 0.15) is 98.3 Å². The molecule has 0 saturated carbocycles. The van der Waals surface area contributed by atoms with Gasteiger partial charge < -0.3 is 14.7 Å². The molecule has 3 heterocycles. The molecule has 1 unspecified atom stereocenters. The third-order valence-corrected chi connectivity index (χ3v) is 9.45. The van der Waals surface area contributed by atoms with Gasteiger partial charge in [-0.2, -0.15) is 0 Å². The summed E-state index contributed by atoms with van der Waals surface area (Å²) in [4.78, 5) is 22.7. The number of aromatic nitrogens is 1. The van der Waals surface area contributed by atoms with Crippen molar-refractivity contribution >= 4 is 11.7 Å². The molecule has 0 amide bonds. The van der Waals surface area contributed by atoms with E-state index in [0.717, 1.165) is 80.2 Å². The summed E-state index contributed by atoms with van der Waals surface area (Å²) in [6.07, 6.45) is 1.97. The molecule has 5 rings (SSSR count). The second-order valence-electron chi connectivity index (χ2n) is 14.9. The molecule has 2 aliphatic rings. The Morgan fingerprint density at radius 2 is 1.68 bits per heavy atom. The minimum absolute atomic E-state index is 0.261. The Morgan fingerprint density at radius 1 is 0.977 bits per heavy atom. The van der Waals surface area contributed by atoms with Crippen molar-refractivity contribution in [1.82, 2.24) is 9.88 Å². The number of nitrogens with zero attached hydrogens (tertiary/aromatic N) is 3. The van der Waals surface area contributed by atoms with Crippen LogP contribution in [0.2, 0.25) is 0 Å². The van der Waals surface area contributed by atoms with Crippen LogP contribution in [0.25, 0.3) is 11.1 Å². The van der Waals surface area contributed by atoms with Gasteiger partial charge in [0.25, 0.3) is 0 Å². The smallest absolute Gasteiger partial charge is 0.337 e. The van der Waals surface area contributed by atoms with Crippen LogP contribution in [0.5, 0.6) is 0 Å². The molecule has 6 nitrogen and oxygen atoms in total. The van der Waals surface area contributed by atoms with Gasteiger partial charge in [0.15, 0.2) is 6.10 Å². The van der Waals surface area contributed by atoms with Gasteiger partial charge in [0.1, 0.15) is 0 Å². The van der Waals surface area contributed by atoms with Gasteiger partial charge in [-0.1, -0.05) is 55.8 Å². The van der Waals surface area contributed by atoms with Crippen LogP contribution < -0.4 is 4.90 Å². The highest BCUT2D eigenvalue weighted by molar-refractivity contribution is 5.88. The van der Waals surface area contributed by atoms with E-state index in [1.54, 1.807) is 0 Å². The summed E-state index contributed by atoms with van der Waals surface area (Å²) in [6, 6.07) is 13.6. The highest BCUT2D eigenvalue weighted by atomic mass is 16.5. The molecule has 2 aromatic carbocycles. The van der Waals surface area contributed by atoms with E-state index in [-0.39, 0.29) is 5.41 Å². The van der Waals surface area contributed by atoms with E-state index < -0.39 is 17.7 Å². The average molecular weight is 598 g/mol. The van der Waals surface area contributed by atoms with Gasteiger partial charge >= 0.3 is 5.97 Å². The molecule has 1 saturated heterocycles. The second-order valence-corrected chi connectivity index (χ2v) is 14.9. The number of anilines is 1. The topological polar surface area (TPSA) is 65.9 Å². The minimum Gasteiger partial charge on any atom is -0.479 e. The zero-order chi connectivity index (χ0) is 32.0. The summed E-state index contributed by atoms with van der Waals surface area (Å²) >= 11 is 0. The SMILES string of the molecule is Cc1ccc(CN2CCc3cc(-c4c(C)nc(C)c(C(OC(C)(C)C)C(=O)O)c4N4CCC(C)(C)CC4)ccc3C2)c(C)c1. The zero-order valence-corrected chi connectivity index (χ0v) is 28.3. The molecule has 1 aromatic heterocycles. The van der Waals surface area contributed by atoms with E-state index in [9.17, 15) is 9.90 Å². The molecule has 1 fully saturated rings. The van der Waals surface area contributed by atoms with Crippen LogP contribution in [-0.4, -0.2) is 46.2 Å². The fourth-order valence-electron chi connectivity index (χ4n) is 6.92. The predicted octanol–water partition coefficient (Wildman–Crippen LogP) is 8.11. The van der Waals surface area contributed by atoms with Crippen molar-refractivity contribution in [2.75, 3.05) is 24.5 Å². The number of ether oxygens (including phenoxy) is 1. The van der Waals surface area contributed by atoms with Crippen molar-refractivity contribution in [1.29, 1.82) is 0 Å². The van der Waals surface area contributed by atoms with E-state index in [1.165, 1.54) is 27.8 Å². The highest BCUT2D eigenvalue weighted by Gasteiger charge is 2.36.